The highest BCUT2D eigenvalue weighted by Gasteiger charge is 2.44. The minimum Gasteiger partial charge on any atom is -0.414 e. The number of fused-ring (bicyclic) bond motifs is 1. The highest BCUT2D eigenvalue weighted by molar-refractivity contribution is 5.86. The minimum atomic E-state index is -1.52. The predicted molar refractivity (Wildman–Crippen MR) is 105 cm³/mol. The molecule has 3 heterocycles. The molecule has 1 aliphatic rings. The number of aromatic nitrogens is 5. The first-order valence-corrected chi connectivity index (χ1v) is 9.60. The van der Waals surface area contributed by atoms with Gasteiger partial charge in [-0.25, -0.2) is 4.68 Å². The lowest BCUT2D eigenvalue weighted by atomic mass is 9.98. The summed E-state index contributed by atoms with van der Waals surface area (Å²) in [5, 5.41) is 57.5. The van der Waals surface area contributed by atoms with E-state index in [0.29, 0.717) is 5.89 Å². The summed E-state index contributed by atoms with van der Waals surface area (Å²) >= 11 is 0. The van der Waals surface area contributed by atoms with Gasteiger partial charge in [-0.05, 0) is 22.9 Å². The van der Waals surface area contributed by atoms with Crippen LogP contribution in [0.3, 0.4) is 0 Å². The van der Waals surface area contributed by atoms with Crippen molar-refractivity contribution in [1.82, 2.24) is 25.2 Å². The third-order valence-electron chi connectivity index (χ3n) is 5.28. The van der Waals surface area contributed by atoms with Gasteiger partial charge in [0, 0.05) is 5.56 Å². The summed E-state index contributed by atoms with van der Waals surface area (Å²) in [5.41, 5.74) is 0.982. The lowest BCUT2D eigenvalue weighted by Gasteiger charge is -2.39. The summed E-state index contributed by atoms with van der Waals surface area (Å²) in [7, 11) is 0. The average Bonchev–Trinajstić information content (AvgIpc) is 3.47. The fourth-order valence-corrected chi connectivity index (χ4v) is 3.57. The van der Waals surface area contributed by atoms with Crippen molar-refractivity contribution in [2.24, 2.45) is 0 Å². The Morgan fingerprint density at radius 1 is 0.871 bits per heavy atom. The van der Waals surface area contributed by atoms with Crippen LogP contribution in [0.1, 0.15) is 6.23 Å². The van der Waals surface area contributed by atoms with Crippen molar-refractivity contribution in [3.63, 3.8) is 0 Å². The van der Waals surface area contributed by atoms with Crippen molar-refractivity contribution in [3.8, 4) is 23.0 Å². The van der Waals surface area contributed by atoms with E-state index in [4.69, 9.17) is 9.15 Å². The van der Waals surface area contributed by atoms with Crippen LogP contribution in [0.25, 0.3) is 33.8 Å². The molecule has 2 aromatic heterocycles. The molecule has 0 spiro atoms. The second-order valence-electron chi connectivity index (χ2n) is 7.28. The number of hydrogen-bond donors (Lipinski definition) is 4. The van der Waals surface area contributed by atoms with E-state index in [-0.39, 0.29) is 11.6 Å². The molecule has 0 amide bonds. The second-order valence-corrected chi connectivity index (χ2v) is 7.28. The molecule has 1 fully saturated rings. The summed E-state index contributed by atoms with van der Waals surface area (Å²) in [5.74, 6) is 0.419. The van der Waals surface area contributed by atoms with Crippen LogP contribution < -0.4 is 0 Å². The average molecular weight is 425 g/mol. The zero-order valence-corrected chi connectivity index (χ0v) is 16.1. The van der Waals surface area contributed by atoms with Crippen molar-refractivity contribution >= 4 is 10.8 Å². The summed E-state index contributed by atoms with van der Waals surface area (Å²) in [6, 6.07) is 13.7. The van der Waals surface area contributed by atoms with Crippen molar-refractivity contribution < 1.29 is 29.6 Å². The van der Waals surface area contributed by atoms with E-state index >= 15 is 0 Å². The largest absolute Gasteiger partial charge is 0.414 e. The number of aliphatic hydroxyl groups excluding tert-OH is 4. The molecule has 1 aliphatic heterocycles. The molecule has 11 heteroatoms. The third kappa shape index (κ3) is 3.48. The van der Waals surface area contributed by atoms with Crippen LogP contribution in [0, 0.1) is 0 Å². The highest BCUT2D eigenvalue weighted by atomic mass is 16.6. The van der Waals surface area contributed by atoms with Crippen molar-refractivity contribution in [3.05, 3.63) is 48.7 Å². The van der Waals surface area contributed by atoms with Crippen LogP contribution in [0.2, 0.25) is 0 Å². The first-order chi connectivity index (χ1) is 15.0. The Bertz CT molecular complexity index is 1210. The van der Waals surface area contributed by atoms with E-state index in [0.717, 1.165) is 21.0 Å². The van der Waals surface area contributed by atoms with Gasteiger partial charge in [-0.3, -0.25) is 0 Å². The number of nitrogens with zero attached hydrogens (tertiary/aromatic N) is 5. The number of benzene rings is 2. The van der Waals surface area contributed by atoms with Gasteiger partial charge in [0.15, 0.2) is 11.9 Å². The molecule has 5 atom stereocenters. The maximum atomic E-state index is 10.2. The van der Waals surface area contributed by atoms with E-state index in [2.05, 4.69) is 20.5 Å². The molecule has 0 bridgehead atoms. The summed E-state index contributed by atoms with van der Waals surface area (Å²) < 4.78 is 12.4. The fraction of sp³-hybridized carbons (Fsp3) is 0.300. The normalized spacial score (nSPS) is 26.4. The Morgan fingerprint density at radius 3 is 2.45 bits per heavy atom. The van der Waals surface area contributed by atoms with E-state index < -0.39 is 37.3 Å². The Kier molecular flexibility index (Phi) is 4.96. The van der Waals surface area contributed by atoms with Crippen LogP contribution >= 0.6 is 0 Å². The lowest BCUT2D eigenvalue weighted by molar-refractivity contribution is -0.254. The molecule has 11 nitrogen and oxygen atoms in total. The Labute approximate surface area is 175 Å². The van der Waals surface area contributed by atoms with Crippen LogP contribution in [-0.4, -0.2) is 76.6 Å². The van der Waals surface area contributed by atoms with Crippen LogP contribution in [0.5, 0.6) is 0 Å². The second kappa shape index (κ2) is 7.80. The maximum Gasteiger partial charge on any atom is 0.270 e. The van der Waals surface area contributed by atoms with Crippen LogP contribution in [0.15, 0.2) is 53.1 Å². The first-order valence-electron chi connectivity index (χ1n) is 9.60. The molecule has 2 aromatic carbocycles. The van der Waals surface area contributed by atoms with Gasteiger partial charge in [0.1, 0.15) is 24.4 Å². The van der Waals surface area contributed by atoms with Gasteiger partial charge in [-0.2, -0.15) is 0 Å². The van der Waals surface area contributed by atoms with Crippen LogP contribution in [0.4, 0.5) is 0 Å². The summed E-state index contributed by atoms with van der Waals surface area (Å²) in [6.45, 7) is -0.540. The molecule has 0 radical (unpaired) electrons. The SMILES string of the molecule is OC[C@H]1O[C@@H](n2cc(-c3nnc(-c4ccc5ccccc5c4)o3)nn2)[C@H](O)[C@@H](O)[C@@H]1O. The molecule has 0 unspecified atom stereocenters. The van der Waals surface area contributed by atoms with Gasteiger partial charge in [0.05, 0.1) is 12.8 Å². The van der Waals surface area contributed by atoms with Gasteiger partial charge < -0.3 is 29.6 Å². The zero-order chi connectivity index (χ0) is 21.5. The van der Waals surface area contributed by atoms with E-state index in [1.807, 2.05) is 42.5 Å². The van der Waals surface area contributed by atoms with Gasteiger partial charge in [-0.1, -0.05) is 35.5 Å². The number of aliphatic hydroxyl groups is 4. The first kappa shape index (κ1) is 19.7. The molecular weight excluding hydrogens is 406 g/mol. The molecule has 31 heavy (non-hydrogen) atoms. The molecule has 1 saturated heterocycles. The Hall–Kier alpha value is -3.22. The monoisotopic (exact) mass is 425 g/mol. The fourth-order valence-electron chi connectivity index (χ4n) is 3.57. The maximum absolute atomic E-state index is 10.2. The molecule has 160 valence electrons. The van der Waals surface area contributed by atoms with E-state index in [9.17, 15) is 20.4 Å². The van der Waals surface area contributed by atoms with Gasteiger partial charge in [0.2, 0.25) is 5.89 Å². The summed E-state index contributed by atoms with van der Waals surface area (Å²) in [4.78, 5) is 0. The Balaban J connectivity index is 1.41. The third-order valence-corrected chi connectivity index (χ3v) is 5.28. The van der Waals surface area contributed by atoms with E-state index in [1.54, 1.807) is 0 Å². The number of ether oxygens (including phenoxy) is 1. The van der Waals surface area contributed by atoms with E-state index in [1.165, 1.54) is 6.20 Å². The van der Waals surface area contributed by atoms with Gasteiger partial charge in [-0.15, -0.1) is 15.3 Å². The molecular formula is C20H19N5O6. The van der Waals surface area contributed by atoms with Crippen molar-refractivity contribution in [1.29, 1.82) is 0 Å². The molecule has 0 aliphatic carbocycles. The molecule has 5 rings (SSSR count). The predicted octanol–water partition coefficient (Wildman–Crippen LogP) is 0.121. The van der Waals surface area contributed by atoms with Crippen molar-refractivity contribution in [2.45, 2.75) is 30.6 Å². The lowest BCUT2D eigenvalue weighted by Crippen LogP contribution is -2.56. The smallest absolute Gasteiger partial charge is 0.270 e. The molecule has 4 aromatic rings. The van der Waals surface area contributed by atoms with Gasteiger partial charge >= 0.3 is 0 Å². The molecule has 0 saturated carbocycles. The number of hydrogen-bond acceptors (Lipinski definition) is 10. The summed E-state index contributed by atoms with van der Waals surface area (Å²) in [6.07, 6.45) is -5.28. The Morgan fingerprint density at radius 2 is 1.65 bits per heavy atom. The van der Waals surface area contributed by atoms with Crippen molar-refractivity contribution in [2.75, 3.05) is 6.61 Å². The topological polar surface area (TPSA) is 160 Å². The highest BCUT2D eigenvalue weighted by Crippen LogP contribution is 2.30. The van der Waals surface area contributed by atoms with Crippen LogP contribution in [-0.2, 0) is 4.74 Å². The van der Waals surface area contributed by atoms with Gasteiger partial charge in [0.25, 0.3) is 5.89 Å². The standard InChI is InChI=1S/C20H19N5O6/c26-9-14-15(27)16(28)17(29)20(30-14)25-8-13(21-24-25)19-23-22-18(31-19)12-6-5-10-3-1-2-4-11(10)7-12/h1-8,14-17,20,26-29H,9H2/t14-,15-,16+,17-,20-/m1/s1. The zero-order valence-electron chi connectivity index (χ0n) is 16.1. The quantitative estimate of drug-likeness (QED) is 0.354. The number of rotatable bonds is 4. The molecule has 4 N–H and O–H groups in total. The minimum absolute atomic E-state index is 0.110.